The van der Waals surface area contributed by atoms with Crippen molar-refractivity contribution in [3.63, 3.8) is 0 Å². The molecule has 0 unspecified atom stereocenters. The van der Waals surface area contributed by atoms with E-state index in [1.54, 1.807) is 5.38 Å². The lowest BCUT2D eigenvalue weighted by Crippen LogP contribution is -1.86. The zero-order valence-electron chi connectivity index (χ0n) is 7.94. The summed E-state index contributed by atoms with van der Waals surface area (Å²) >= 11 is 1.22. The van der Waals surface area contributed by atoms with E-state index in [0.717, 1.165) is 12.1 Å². The van der Waals surface area contributed by atoms with Gasteiger partial charge in [-0.05, 0) is 12.1 Å². The van der Waals surface area contributed by atoms with Gasteiger partial charge in [0.15, 0.2) is 17.9 Å². The van der Waals surface area contributed by atoms with E-state index >= 15 is 0 Å². The first kappa shape index (κ1) is 10.8. The third-order valence-electron chi connectivity index (χ3n) is 1.84. The summed E-state index contributed by atoms with van der Waals surface area (Å²) in [5.74, 6) is -1.28. The fourth-order valence-corrected chi connectivity index (χ4v) is 1.73. The van der Waals surface area contributed by atoms with E-state index < -0.39 is 11.6 Å². The molecule has 0 aliphatic carbocycles. The molecule has 2 nitrogen and oxygen atoms in total. The Labute approximate surface area is 94.1 Å². The molecule has 0 saturated heterocycles. The van der Waals surface area contributed by atoms with Gasteiger partial charge in [-0.1, -0.05) is 0 Å². The molecule has 0 spiro atoms. The Hall–Kier alpha value is -1.75. The maximum Gasteiger partial charge on any atom is 0.162 e. The quantitative estimate of drug-likeness (QED) is 0.766. The lowest BCUT2D eigenvalue weighted by atomic mass is 10.3. The minimum atomic E-state index is -0.969. The van der Waals surface area contributed by atoms with Gasteiger partial charge in [0.2, 0.25) is 0 Å². The smallest absolute Gasteiger partial charge is 0.162 e. The number of ether oxygens (including phenoxy) is 1. The third-order valence-corrected chi connectivity index (χ3v) is 2.68. The van der Waals surface area contributed by atoms with Crippen molar-refractivity contribution in [1.29, 1.82) is 0 Å². The summed E-state index contributed by atoms with van der Waals surface area (Å²) in [4.78, 5) is 10.9. The third kappa shape index (κ3) is 2.25. The van der Waals surface area contributed by atoms with E-state index in [9.17, 15) is 13.6 Å². The number of rotatable bonds is 3. The number of benzene rings is 1. The maximum atomic E-state index is 12.8. The van der Waals surface area contributed by atoms with Crippen molar-refractivity contribution in [1.82, 2.24) is 0 Å². The van der Waals surface area contributed by atoms with Crippen LogP contribution in [-0.2, 0) is 0 Å². The van der Waals surface area contributed by atoms with Crippen LogP contribution in [0.15, 0.2) is 29.6 Å². The molecule has 5 heteroatoms. The Kier molecular flexibility index (Phi) is 2.96. The molecule has 0 saturated carbocycles. The molecule has 0 radical (unpaired) electrons. The van der Waals surface area contributed by atoms with Gasteiger partial charge in [0, 0.05) is 17.5 Å². The highest BCUT2D eigenvalue weighted by Gasteiger charge is 2.05. The lowest BCUT2D eigenvalue weighted by molar-refractivity contribution is 0.112. The molecule has 0 N–H and O–H groups in total. The van der Waals surface area contributed by atoms with Gasteiger partial charge in [0.25, 0.3) is 0 Å². The summed E-state index contributed by atoms with van der Waals surface area (Å²) < 4.78 is 30.7. The molecule has 2 rings (SSSR count). The van der Waals surface area contributed by atoms with E-state index in [1.807, 2.05) is 0 Å². The Morgan fingerprint density at radius 2 is 1.94 bits per heavy atom. The second-order valence-electron chi connectivity index (χ2n) is 2.98. The summed E-state index contributed by atoms with van der Waals surface area (Å²) in [6.45, 7) is 0. The number of hydrogen-bond acceptors (Lipinski definition) is 3. The summed E-state index contributed by atoms with van der Waals surface area (Å²) in [5.41, 5.74) is 0. The molecule has 2 aromatic rings. The largest absolute Gasteiger partial charge is 0.456 e. The van der Waals surface area contributed by atoms with Gasteiger partial charge in [-0.2, -0.15) is 0 Å². The summed E-state index contributed by atoms with van der Waals surface area (Å²) in [7, 11) is 0. The molecule has 82 valence electrons. The second kappa shape index (κ2) is 4.40. The number of carbonyl (C=O) groups is 1. The normalized spacial score (nSPS) is 10.1. The molecule has 0 aliphatic rings. The van der Waals surface area contributed by atoms with Crippen LogP contribution < -0.4 is 4.74 Å². The van der Waals surface area contributed by atoms with Crippen molar-refractivity contribution in [2.45, 2.75) is 0 Å². The highest BCUT2D eigenvalue weighted by Crippen LogP contribution is 2.26. The van der Waals surface area contributed by atoms with Crippen molar-refractivity contribution in [3.8, 4) is 11.5 Å². The molecule has 0 atom stereocenters. The molecule has 0 aliphatic heterocycles. The summed E-state index contributed by atoms with van der Waals surface area (Å²) in [6, 6.07) is 4.78. The van der Waals surface area contributed by atoms with Crippen molar-refractivity contribution in [3.05, 3.63) is 46.2 Å². The molecule has 0 fully saturated rings. The van der Waals surface area contributed by atoms with Crippen molar-refractivity contribution >= 4 is 17.6 Å². The van der Waals surface area contributed by atoms with Crippen LogP contribution in [0.25, 0.3) is 0 Å². The molecule has 1 heterocycles. The van der Waals surface area contributed by atoms with Crippen LogP contribution in [0.2, 0.25) is 0 Å². The van der Waals surface area contributed by atoms with Crippen LogP contribution in [0.5, 0.6) is 11.5 Å². The zero-order valence-corrected chi connectivity index (χ0v) is 8.76. The van der Waals surface area contributed by atoms with Crippen LogP contribution in [0.1, 0.15) is 9.67 Å². The first-order valence-corrected chi connectivity index (χ1v) is 5.23. The fraction of sp³-hybridized carbons (Fsp3) is 0. The highest BCUT2D eigenvalue weighted by atomic mass is 32.1. The van der Waals surface area contributed by atoms with Gasteiger partial charge in [0.1, 0.15) is 11.5 Å². The van der Waals surface area contributed by atoms with Crippen LogP contribution in [0.4, 0.5) is 8.78 Å². The van der Waals surface area contributed by atoms with E-state index in [-0.39, 0.29) is 5.75 Å². The van der Waals surface area contributed by atoms with E-state index in [4.69, 9.17) is 4.74 Å². The maximum absolute atomic E-state index is 12.8. The molecule has 16 heavy (non-hydrogen) atoms. The highest BCUT2D eigenvalue weighted by molar-refractivity contribution is 7.11. The molecule has 0 amide bonds. The SMILES string of the molecule is O=Cc1cc(Oc2ccc(F)c(F)c2)cs1. The molecule has 0 bridgehead atoms. The minimum Gasteiger partial charge on any atom is -0.456 e. The van der Waals surface area contributed by atoms with Gasteiger partial charge >= 0.3 is 0 Å². The lowest BCUT2D eigenvalue weighted by Gasteiger charge is -2.02. The average Bonchev–Trinajstić information content (AvgIpc) is 2.71. The number of thiophene rings is 1. The standard InChI is InChI=1S/C11H6F2O2S/c12-10-2-1-7(4-11(10)13)15-8-3-9(5-14)16-6-8/h1-6H. The Balaban J connectivity index is 2.20. The first-order valence-electron chi connectivity index (χ1n) is 4.35. The summed E-state index contributed by atoms with van der Waals surface area (Å²) in [6.07, 6.45) is 0.697. The Bertz CT molecular complexity index is 522. The molecule has 1 aromatic heterocycles. The van der Waals surface area contributed by atoms with Gasteiger partial charge in [0.05, 0.1) is 4.88 Å². The van der Waals surface area contributed by atoms with Crippen LogP contribution >= 0.6 is 11.3 Å². The van der Waals surface area contributed by atoms with Crippen molar-refractivity contribution in [2.24, 2.45) is 0 Å². The number of carbonyl (C=O) groups excluding carboxylic acids is 1. The molecular weight excluding hydrogens is 234 g/mol. The predicted octanol–water partition coefficient (Wildman–Crippen LogP) is 3.63. The topological polar surface area (TPSA) is 26.3 Å². The first-order chi connectivity index (χ1) is 7.69. The van der Waals surface area contributed by atoms with E-state index in [1.165, 1.54) is 23.5 Å². The number of halogens is 2. The minimum absolute atomic E-state index is 0.189. The second-order valence-corrected chi connectivity index (χ2v) is 3.92. The predicted molar refractivity (Wildman–Crippen MR) is 56.1 cm³/mol. The Morgan fingerprint density at radius 3 is 2.56 bits per heavy atom. The van der Waals surface area contributed by atoms with Crippen LogP contribution in [0, 0.1) is 11.6 Å². The van der Waals surface area contributed by atoms with Gasteiger partial charge in [-0.25, -0.2) is 8.78 Å². The number of aldehydes is 1. The van der Waals surface area contributed by atoms with Crippen LogP contribution in [0.3, 0.4) is 0 Å². The van der Waals surface area contributed by atoms with Crippen LogP contribution in [-0.4, -0.2) is 6.29 Å². The van der Waals surface area contributed by atoms with Gasteiger partial charge < -0.3 is 4.74 Å². The van der Waals surface area contributed by atoms with Gasteiger partial charge in [-0.15, -0.1) is 11.3 Å². The molecular formula is C11H6F2O2S. The zero-order chi connectivity index (χ0) is 11.5. The van der Waals surface area contributed by atoms with Gasteiger partial charge in [-0.3, -0.25) is 4.79 Å². The molecule has 1 aromatic carbocycles. The Morgan fingerprint density at radius 1 is 1.12 bits per heavy atom. The average molecular weight is 240 g/mol. The number of hydrogen-bond donors (Lipinski definition) is 0. The van der Waals surface area contributed by atoms with E-state index in [0.29, 0.717) is 16.9 Å². The van der Waals surface area contributed by atoms with Crippen molar-refractivity contribution < 1.29 is 18.3 Å². The summed E-state index contributed by atoms with van der Waals surface area (Å²) in [5, 5.41) is 1.62. The van der Waals surface area contributed by atoms with Crippen molar-refractivity contribution in [2.75, 3.05) is 0 Å². The fourth-order valence-electron chi connectivity index (χ4n) is 1.13. The monoisotopic (exact) mass is 240 g/mol. The van der Waals surface area contributed by atoms with E-state index in [2.05, 4.69) is 0 Å².